The highest BCUT2D eigenvalue weighted by Crippen LogP contribution is 2.33. The number of nitrogens with zero attached hydrogens (tertiary/aromatic N) is 1. The number of para-hydroxylation sites is 2. The molecule has 0 unspecified atom stereocenters. The molecule has 30 heavy (non-hydrogen) atoms. The summed E-state index contributed by atoms with van der Waals surface area (Å²) in [6.07, 6.45) is 1.83. The Kier molecular flexibility index (Phi) is 5.72. The molecule has 0 bridgehead atoms. The first-order valence-electron chi connectivity index (χ1n) is 9.73. The Morgan fingerprint density at radius 1 is 0.967 bits per heavy atom. The van der Waals surface area contributed by atoms with Gasteiger partial charge in [-0.15, -0.1) is 0 Å². The molecule has 1 aliphatic carbocycles. The van der Waals surface area contributed by atoms with E-state index in [9.17, 15) is 9.59 Å². The van der Waals surface area contributed by atoms with Gasteiger partial charge in [-0.2, -0.15) is 0 Å². The fourth-order valence-corrected chi connectivity index (χ4v) is 3.31. The van der Waals surface area contributed by atoms with Crippen LogP contribution >= 0.6 is 11.6 Å². The van der Waals surface area contributed by atoms with Crippen LogP contribution < -0.4 is 15.0 Å². The molecule has 0 spiro atoms. The molecule has 0 radical (unpaired) electrons. The minimum atomic E-state index is -0.277. The number of nitrogens with one attached hydrogen (secondary N) is 1. The van der Waals surface area contributed by atoms with Gasteiger partial charge in [-0.05, 0) is 61.4 Å². The normalized spacial score (nSPS) is 12.9. The summed E-state index contributed by atoms with van der Waals surface area (Å²) in [4.78, 5) is 26.9. The Balaban J connectivity index is 1.47. The maximum Gasteiger partial charge on any atom is 0.257 e. The van der Waals surface area contributed by atoms with Crippen molar-refractivity contribution >= 4 is 34.8 Å². The average molecular weight is 421 g/mol. The minimum Gasteiger partial charge on any atom is -0.456 e. The second kappa shape index (κ2) is 8.59. The standard InChI is InChI=1S/C24H21ClN2O3/c1-27(24(29)16-10-11-16)21-8-4-2-6-19(21)23(28)26-17-12-14-18(15-13-17)30-22-9-5-3-7-20(22)25/h2-9,12-16H,10-11H2,1H3,(H,26,28). The fourth-order valence-electron chi connectivity index (χ4n) is 3.14. The van der Waals surface area contributed by atoms with E-state index in [2.05, 4.69) is 5.32 Å². The van der Waals surface area contributed by atoms with Gasteiger partial charge < -0.3 is 15.0 Å². The molecule has 3 aromatic rings. The van der Waals surface area contributed by atoms with Crippen molar-refractivity contribution in [1.82, 2.24) is 0 Å². The van der Waals surface area contributed by atoms with Crippen LogP contribution in [0.2, 0.25) is 5.02 Å². The van der Waals surface area contributed by atoms with Crippen molar-refractivity contribution in [3.05, 3.63) is 83.4 Å². The van der Waals surface area contributed by atoms with E-state index in [-0.39, 0.29) is 17.7 Å². The smallest absolute Gasteiger partial charge is 0.257 e. The summed E-state index contributed by atoms with van der Waals surface area (Å²) in [5.74, 6) is 1.03. The maximum absolute atomic E-state index is 12.9. The molecule has 0 heterocycles. The predicted octanol–water partition coefficient (Wildman–Crippen LogP) is 5.76. The molecule has 1 saturated carbocycles. The summed E-state index contributed by atoms with van der Waals surface area (Å²) < 4.78 is 5.77. The van der Waals surface area contributed by atoms with Crippen LogP contribution in [-0.2, 0) is 4.79 Å². The second-order valence-electron chi connectivity index (χ2n) is 7.20. The van der Waals surface area contributed by atoms with Gasteiger partial charge in [0.15, 0.2) is 0 Å². The highest BCUT2D eigenvalue weighted by Gasteiger charge is 2.33. The first-order valence-corrected chi connectivity index (χ1v) is 10.1. The van der Waals surface area contributed by atoms with Gasteiger partial charge in [-0.3, -0.25) is 9.59 Å². The lowest BCUT2D eigenvalue weighted by Gasteiger charge is -2.20. The Hall–Kier alpha value is -3.31. The zero-order valence-corrected chi connectivity index (χ0v) is 17.2. The lowest BCUT2D eigenvalue weighted by Crippen LogP contribution is -2.29. The van der Waals surface area contributed by atoms with Gasteiger partial charge in [-0.1, -0.05) is 35.9 Å². The Bertz CT molecular complexity index is 1080. The number of benzene rings is 3. The molecule has 1 N–H and O–H groups in total. The largest absolute Gasteiger partial charge is 0.456 e. The van der Waals surface area contributed by atoms with Gasteiger partial charge >= 0.3 is 0 Å². The van der Waals surface area contributed by atoms with Crippen LogP contribution in [-0.4, -0.2) is 18.9 Å². The highest BCUT2D eigenvalue weighted by molar-refractivity contribution is 6.32. The minimum absolute atomic E-state index is 0.0522. The van der Waals surface area contributed by atoms with Crippen molar-refractivity contribution in [3.8, 4) is 11.5 Å². The van der Waals surface area contributed by atoms with E-state index >= 15 is 0 Å². The van der Waals surface area contributed by atoms with Crippen molar-refractivity contribution in [2.75, 3.05) is 17.3 Å². The topological polar surface area (TPSA) is 58.6 Å². The maximum atomic E-state index is 12.9. The molecule has 0 aliphatic heterocycles. The lowest BCUT2D eigenvalue weighted by molar-refractivity contribution is -0.119. The first kappa shape index (κ1) is 20.0. The van der Waals surface area contributed by atoms with E-state index in [4.69, 9.17) is 16.3 Å². The third-order valence-corrected chi connectivity index (χ3v) is 5.26. The van der Waals surface area contributed by atoms with Crippen molar-refractivity contribution in [1.29, 1.82) is 0 Å². The SMILES string of the molecule is CN(C(=O)C1CC1)c1ccccc1C(=O)Nc1ccc(Oc2ccccc2Cl)cc1. The molecular weight excluding hydrogens is 400 g/mol. The number of anilines is 2. The molecule has 0 atom stereocenters. The monoisotopic (exact) mass is 420 g/mol. The lowest BCUT2D eigenvalue weighted by atomic mass is 10.1. The number of carbonyl (C=O) groups excluding carboxylic acids is 2. The number of ether oxygens (including phenoxy) is 1. The first-order chi connectivity index (χ1) is 14.5. The molecular formula is C24H21ClN2O3. The molecule has 1 aliphatic rings. The van der Waals surface area contributed by atoms with Crippen LogP contribution in [0.15, 0.2) is 72.8 Å². The number of amides is 2. The second-order valence-corrected chi connectivity index (χ2v) is 7.61. The van der Waals surface area contributed by atoms with Gasteiger partial charge in [0.2, 0.25) is 5.91 Å². The molecule has 5 nitrogen and oxygen atoms in total. The van der Waals surface area contributed by atoms with E-state index < -0.39 is 0 Å². The molecule has 0 saturated heterocycles. The van der Waals surface area contributed by atoms with E-state index in [1.807, 2.05) is 18.2 Å². The van der Waals surface area contributed by atoms with Gasteiger partial charge in [0.1, 0.15) is 11.5 Å². The van der Waals surface area contributed by atoms with E-state index in [0.29, 0.717) is 33.5 Å². The van der Waals surface area contributed by atoms with E-state index in [1.165, 1.54) is 0 Å². The van der Waals surface area contributed by atoms with Crippen molar-refractivity contribution in [2.24, 2.45) is 5.92 Å². The number of carbonyl (C=O) groups is 2. The Morgan fingerprint density at radius 2 is 1.63 bits per heavy atom. The molecule has 0 aromatic heterocycles. The van der Waals surface area contributed by atoms with Crippen LogP contribution in [0.5, 0.6) is 11.5 Å². The molecule has 1 fully saturated rings. The number of hydrogen-bond acceptors (Lipinski definition) is 3. The van der Waals surface area contributed by atoms with Crippen LogP contribution in [0, 0.1) is 5.92 Å². The summed E-state index contributed by atoms with van der Waals surface area (Å²) in [6, 6.07) is 21.4. The third-order valence-electron chi connectivity index (χ3n) is 4.94. The van der Waals surface area contributed by atoms with Crippen molar-refractivity contribution < 1.29 is 14.3 Å². The summed E-state index contributed by atoms with van der Waals surface area (Å²) in [5, 5.41) is 3.41. The Labute approximate surface area is 180 Å². The van der Waals surface area contributed by atoms with E-state index in [0.717, 1.165) is 12.8 Å². The third kappa shape index (κ3) is 4.47. The van der Waals surface area contributed by atoms with Gasteiger partial charge in [0.25, 0.3) is 5.91 Å². The van der Waals surface area contributed by atoms with Crippen LogP contribution in [0.4, 0.5) is 11.4 Å². The molecule has 2 amide bonds. The van der Waals surface area contributed by atoms with Crippen LogP contribution in [0.3, 0.4) is 0 Å². The van der Waals surface area contributed by atoms with Crippen molar-refractivity contribution in [2.45, 2.75) is 12.8 Å². The number of halogens is 1. The summed E-state index contributed by atoms with van der Waals surface area (Å²) >= 11 is 6.12. The summed E-state index contributed by atoms with van der Waals surface area (Å²) in [7, 11) is 1.72. The summed E-state index contributed by atoms with van der Waals surface area (Å²) in [5.41, 5.74) is 1.67. The van der Waals surface area contributed by atoms with Crippen molar-refractivity contribution in [3.63, 3.8) is 0 Å². The zero-order chi connectivity index (χ0) is 21.1. The highest BCUT2D eigenvalue weighted by atomic mass is 35.5. The van der Waals surface area contributed by atoms with Gasteiger partial charge in [0, 0.05) is 18.7 Å². The quantitative estimate of drug-likeness (QED) is 0.551. The van der Waals surface area contributed by atoms with E-state index in [1.54, 1.807) is 66.5 Å². The number of rotatable bonds is 6. The zero-order valence-electron chi connectivity index (χ0n) is 16.5. The Morgan fingerprint density at radius 3 is 2.33 bits per heavy atom. The van der Waals surface area contributed by atoms with Gasteiger partial charge in [-0.25, -0.2) is 0 Å². The average Bonchev–Trinajstić information content (AvgIpc) is 3.61. The van der Waals surface area contributed by atoms with Crippen LogP contribution in [0.1, 0.15) is 23.2 Å². The van der Waals surface area contributed by atoms with Gasteiger partial charge in [0.05, 0.1) is 16.3 Å². The van der Waals surface area contributed by atoms with Crippen LogP contribution in [0.25, 0.3) is 0 Å². The summed E-state index contributed by atoms with van der Waals surface area (Å²) in [6.45, 7) is 0. The molecule has 3 aromatic carbocycles. The predicted molar refractivity (Wildman–Crippen MR) is 118 cm³/mol. The molecule has 4 rings (SSSR count). The number of hydrogen-bond donors (Lipinski definition) is 1. The fraction of sp³-hybridized carbons (Fsp3) is 0.167. The molecule has 6 heteroatoms. The molecule has 152 valence electrons.